The lowest BCUT2D eigenvalue weighted by Crippen LogP contribution is -2.29. The van der Waals surface area contributed by atoms with Gasteiger partial charge in [-0.1, -0.05) is 92.2 Å². The van der Waals surface area contributed by atoms with Crippen LogP contribution in [-0.4, -0.2) is 0 Å². The van der Waals surface area contributed by atoms with E-state index in [1.54, 1.807) is 0 Å². The number of hydrogen-bond donors (Lipinski definition) is 0. The molecule has 27 heavy (non-hydrogen) atoms. The molecule has 0 fully saturated rings. The molecular formula is C23H20Br2Cl2. The molecule has 2 atom stereocenters. The summed E-state index contributed by atoms with van der Waals surface area (Å²) < 4.78 is 2.13. The summed E-state index contributed by atoms with van der Waals surface area (Å²) in [5.74, 6) is 0.583. The summed E-state index contributed by atoms with van der Waals surface area (Å²) in [6, 6.07) is 8.21. The molecule has 2 aromatic carbocycles. The molecule has 0 radical (unpaired) electrons. The van der Waals surface area contributed by atoms with Crippen LogP contribution in [0.1, 0.15) is 61.8 Å². The van der Waals surface area contributed by atoms with E-state index in [1.807, 2.05) is 12.1 Å². The molecule has 0 spiro atoms. The number of rotatable bonds is 2. The fourth-order valence-electron chi connectivity index (χ4n) is 5.25. The van der Waals surface area contributed by atoms with Crippen LogP contribution in [0.3, 0.4) is 0 Å². The maximum absolute atomic E-state index is 6.41. The minimum absolute atomic E-state index is 0.0358. The molecule has 4 heteroatoms. The van der Waals surface area contributed by atoms with Crippen molar-refractivity contribution in [2.45, 2.75) is 39.5 Å². The highest BCUT2D eigenvalue weighted by atomic mass is 79.9. The largest absolute Gasteiger partial charge is 0.0843 e. The molecule has 2 aliphatic rings. The van der Waals surface area contributed by atoms with Crippen molar-refractivity contribution >= 4 is 67.2 Å². The van der Waals surface area contributed by atoms with Crippen molar-refractivity contribution in [1.82, 2.24) is 0 Å². The van der Waals surface area contributed by atoms with Crippen LogP contribution in [-0.2, 0) is 0 Å². The third-order valence-electron chi connectivity index (χ3n) is 6.02. The Morgan fingerprint density at radius 3 is 1.48 bits per heavy atom. The van der Waals surface area contributed by atoms with Gasteiger partial charge in [0.15, 0.2) is 0 Å². The first kappa shape index (κ1) is 19.8. The lowest BCUT2D eigenvalue weighted by Gasteiger charge is -2.41. The Bertz CT molecular complexity index is 950. The summed E-state index contributed by atoms with van der Waals surface area (Å²) in [6.07, 6.45) is 4.59. The Morgan fingerprint density at radius 1 is 0.741 bits per heavy atom. The summed E-state index contributed by atoms with van der Waals surface area (Å²) in [6.45, 7) is 9.20. The van der Waals surface area contributed by atoms with Gasteiger partial charge in [0.1, 0.15) is 0 Å². The molecule has 4 rings (SSSR count). The highest BCUT2D eigenvalue weighted by Crippen LogP contribution is 2.59. The molecule has 0 nitrogen and oxygen atoms in total. The fraction of sp³-hybridized carbons (Fsp3) is 0.304. The summed E-state index contributed by atoms with van der Waals surface area (Å²) in [4.78, 5) is 0. The van der Waals surface area contributed by atoms with Gasteiger partial charge in [-0.3, -0.25) is 0 Å². The number of fused-ring (bicyclic) bond motifs is 2. The number of hydrogen-bond acceptors (Lipinski definition) is 0. The maximum atomic E-state index is 6.41. The van der Waals surface area contributed by atoms with Gasteiger partial charge in [-0.25, -0.2) is 0 Å². The predicted octanol–water partition coefficient (Wildman–Crippen LogP) is 9.25. The minimum atomic E-state index is -0.0358. The number of allylic oxidation sites excluding steroid dienone is 2. The molecular weight excluding hydrogens is 507 g/mol. The van der Waals surface area contributed by atoms with E-state index in [0.29, 0.717) is 11.8 Å². The van der Waals surface area contributed by atoms with E-state index in [9.17, 15) is 0 Å². The van der Waals surface area contributed by atoms with Gasteiger partial charge in [0.2, 0.25) is 0 Å². The monoisotopic (exact) mass is 524 g/mol. The Kier molecular flexibility index (Phi) is 4.95. The number of benzene rings is 2. The average Bonchev–Trinajstić information content (AvgIpc) is 3.04. The van der Waals surface area contributed by atoms with Crippen molar-refractivity contribution in [2.75, 3.05) is 0 Å². The van der Waals surface area contributed by atoms with Gasteiger partial charge >= 0.3 is 0 Å². The quantitative estimate of drug-likeness (QED) is 0.366. The van der Waals surface area contributed by atoms with Gasteiger partial charge in [0.05, 0.1) is 0 Å². The van der Waals surface area contributed by atoms with Crippen LogP contribution in [0.15, 0.2) is 44.4 Å². The molecule has 2 aliphatic carbocycles. The van der Waals surface area contributed by atoms with Crippen LogP contribution >= 0.6 is 55.1 Å². The normalized spacial score (nSPS) is 21.0. The van der Waals surface area contributed by atoms with E-state index in [2.05, 4.69) is 83.8 Å². The summed E-state index contributed by atoms with van der Waals surface area (Å²) in [5, 5.41) is 1.55. The van der Waals surface area contributed by atoms with Gasteiger partial charge in [-0.15, -0.1) is 0 Å². The minimum Gasteiger partial charge on any atom is -0.0843 e. The van der Waals surface area contributed by atoms with Crippen LogP contribution in [0.2, 0.25) is 10.0 Å². The zero-order valence-electron chi connectivity index (χ0n) is 15.6. The molecule has 0 N–H and O–H groups in total. The second-order valence-corrected chi connectivity index (χ2v) is 10.8. The van der Waals surface area contributed by atoms with Crippen LogP contribution in [0, 0.1) is 5.41 Å². The van der Waals surface area contributed by atoms with E-state index < -0.39 is 0 Å². The van der Waals surface area contributed by atoms with E-state index >= 15 is 0 Å². The first-order chi connectivity index (χ1) is 12.6. The molecule has 0 aliphatic heterocycles. The second kappa shape index (κ2) is 6.76. The molecule has 140 valence electrons. The smallest absolute Gasteiger partial charge is 0.0420 e. The Labute approximate surface area is 187 Å². The highest BCUT2D eigenvalue weighted by molar-refractivity contribution is 9.10. The van der Waals surface area contributed by atoms with Gasteiger partial charge < -0.3 is 0 Å². The van der Waals surface area contributed by atoms with Crippen LogP contribution in [0.25, 0.3) is 12.2 Å². The lowest BCUT2D eigenvalue weighted by atomic mass is 9.62. The van der Waals surface area contributed by atoms with Gasteiger partial charge in [0, 0.05) is 30.8 Å². The van der Waals surface area contributed by atoms with Gasteiger partial charge in [-0.2, -0.15) is 0 Å². The molecule has 0 saturated heterocycles. The van der Waals surface area contributed by atoms with Crippen LogP contribution in [0.5, 0.6) is 0 Å². The van der Waals surface area contributed by atoms with Gasteiger partial charge in [-0.05, 0) is 65.8 Å². The SMILES string of the molecule is CC1=Cc2c(Br)cc(Cl)cc2C1C(C)(C)C1C(C)=Cc2c(Br)cc(Cl)cc21. The summed E-state index contributed by atoms with van der Waals surface area (Å²) in [5.41, 5.74) is 7.83. The topological polar surface area (TPSA) is 0 Å². The molecule has 0 amide bonds. The average molecular weight is 527 g/mol. The van der Waals surface area contributed by atoms with Crippen molar-refractivity contribution in [1.29, 1.82) is 0 Å². The number of halogens is 4. The lowest BCUT2D eigenvalue weighted by molar-refractivity contribution is 0.275. The molecule has 0 bridgehead atoms. The predicted molar refractivity (Wildman–Crippen MR) is 125 cm³/mol. The third-order valence-corrected chi connectivity index (χ3v) is 7.77. The Morgan fingerprint density at radius 2 is 1.11 bits per heavy atom. The van der Waals surface area contributed by atoms with Crippen LogP contribution < -0.4 is 0 Å². The first-order valence-electron chi connectivity index (χ1n) is 8.95. The zero-order valence-corrected chi connectivity index (χ0v) is 20.3. The van der Waals surface area contributed by atoms with E-state index in [-0.39, 0.29) is 5.41 Å². The first-order valence-corrected chi connectivity index (χ1v) is 11.3. The third kappa shape index (κ3) is 3.08. The maximum Gasteiger partial charge on any atom is 0.0420 e. The highest BCUT2D eigenvalue weighted by Gasteiger charge is 2.45. The molecule has 2 unspecified atom stereocenters. The van der Waals surface area contributed by atoms with E-state index in [0.717, 1.165) is 19.0 Å². The fourth-order valence-corrected chi connectivity index (χ4v) is 7.14. The molecule has 0 saturated carbocycles. The van der Waals surface area contributed by atoms with Crippen LogP contribution in [0.4, 0.5) is 0 Å². The standard InChI is InChI=1S/C23H20Br2Cl2/c1-11-5-15-17(7-13(26)9-19(15)24)21(11)23(3,4)22-12(2)6-16-18(22)8-14(27)10-20(16)25/h5-10,21-22H,1-4H3. The molecule has 0 aromatic heterocycles. The van der Waals surface area contributed by atoms with Crippen molar-refractivity contribution in [3.05, 3.63) is 76.7 Å². The van der Waals surface area contributed by atoms with Crippen molar-refractivity contribution in [2.24, 2.45) is 5.41 Å². The second-order valence-electron chi connectivity index (χ2n) is 8.25. The van der Waals surface area contributed by atoms with Gasteiger partial charge in [0.25, 0.3) is 0 Å². The van der Waals surface area contributed by atoms with E-state index in [1.165, 1.54) is 33.4 Å². The summed E-state index contributed by atoms with van der Waals surface area (Å²) >= 11 is 20.2. The van der Waals surface area contributed by atoms with Crippen molar-refractivity contribution < 1.29 is 0 Å². The molecule has 2 aromatic rings. The van der Waals surface area contributed by atoms with Crippen molar-refractivity contribution in [3.63, 3.8) is 0 Å². The Hall–Kier alpha value is -0.540. The zero-order chi connectivity index (χ0) is 19.7. The molecule has 0 heterocycles. The summed E-state index contributed by atoms with van der Waals surface area (Å²) in [7, 11) is 0. The Balaban J connectivity index is 1.88. The van der Waals surface area contributed by atoms with Crippen molar-refractivity contribution in [3.8, 4) is 0 Å². The van der Waals surface area contributed by atoms with E-state index in [4.69, 9.17) is 23.2 Å².